The van der Waals surface area contributed by atoms with Crippen molar-refractivity contribution in [2.24, 2.45) is 17.8 Å². The maximum Gasteiger partial charge on any atom is 0.573 e. The van der Waals surface area contributed by atoms with Crippen LogP contribution in [0.2, 0.25) is 5.02 Å². The molecule has 0 heterocycles. The lowest BCUT2D eigenvalue weighted by atomic mass is 9.68. The molecule has 2 saturated carbocycles. The summed E-state index contributed by atoms with van der Waals surface area (Å²) in [4.78, 5) is 0. The van der Waals surface area contributed by atoms with E-state index in [1.54, 1.807) is 12.1 Å². The van der Waals surface area contributed by atoms with Gasteiger partial charge in [0.05, 0.1) is 5.02 Å². The van der Waals surface area contributed by atoms with Gasteiger partial charge in [-0.3, -0.25) is 0 Å². The number of benzene rings is 1. The van der Waals surface area contributed by atoms with Gasteiger partial charge in [0.1, 0.15) is 5.75 Å². The van der Waals surface area contributed by atoms with Crippen LogP contribution in [0.4, 0.5) is 13.2 Å². The standard InChI is InChI=1S/C20H26ClF3O/c1-13-2-4-14(5-3-13)15-6-8-16(9-7-15)17-10-11-19(18(21)12-17)25-20(22,23)24/h10-16H,2-9H2,1H3. The van der Waals surface area contributed by atoms with E-state index in [4.69, 9.17) is 11.6 Å². The summed E-state index contributed by atoms with van der Waals surface area (Å²) in [5.74, 6) is 2.67. The van der Waals surface area contributed by atoms with Crippen molar-refractivity contribution in [3.05, 3.63) is 28.8 Å². The first-order valence-electron chi connectivity index (χ1n) is 9.37. The number of alkyl halides is 3. The molecule has 5 heteroatoms. The highest BCUT2D eigenvalue weighted by atomic mass is 35.5. The first-order valence-corrected chi connectivity index (χ1v) is 9.75. The van der Waals surface area contributed by atoms with Crippen molar-refractivity contribution in [2.75, 3.05) is 0 Å². The Kier molecular flexibility index (Phi) is 5.87. The van der Waals surface area contributed by atoms with Gasteiger partial charge in [-0.1, -0.05) is 37.4 Å². The van der Waals surface area contributed by atoms with Crippen LogP contribution < -0.4 is 4.74 Å². The van der Waals surface area contributed by atoms with E-state index in [0.29, 0.717) is 5.92 Å². The van der Waals surface area contributed by atoms with E-state index in [-0.39, 0.29) is 10.8 Å². The van der Waals surface area contributed by atoms with E-state index in [1.807, 2.05) is 0 Å². The van der Waals surface area contributed by atoms with E-state index in [1.165, 1.54) is 44.6 Å². The second kappa shape index (κ2) is 7.77. The van der Waals surface area contributed by atoms with Gasteiger partial charge in [-0.2, -0.15) is 0 Å². The van der Waals surface area contributed by atoms with Crippen LogP contribution in [0.25, 0.3) is 0 Å². The summed E-state index contributed by atoms with van der Waals surface area (Å²) in [6.07, 6.45) is 5.41. The lowest BCUT2D eigenvalue weighted by Gasteiger charge is -2.37. The summed E-state index contributed by atoms with van der Waals surface area (Å²) in [5, 5.41) is 0.0400. The normalized spacial score (nSPS) is 30.9. The van der Waals surface area contributed by atoms with Gasteiger partial charge < -0.3 is 4.74 Å². The summed E-state index contributed by atoms with van der Waals surface area (Å²) in [6, 6.07) is 4.73. The van der Waals surface area contributed by atoms with Crippen molar-refractivity contribution in [3.63, 3.8) is 0 Å². The third kappa shape index (κ3) is 5.06. The number of halogens is 4. The zero-order valence-corrected chi connectivity index (χ0v) is 15.4. The van der Waals surface area contributed by atoms with Crippen molar-refractivity contribution < 1.29 is 17.9 Å². The van der Waals surface area contributed by atoms with Gasteiger partial charge in [-0.15, -0.1) is 13.2 Å². The summed E-state index contributed by atoms with van der Waals surface area (Å²) < 4.78 is 41.0. The van der Waals surface area contributed by atoms with Gasteiger partial charge in [0.25, 0.3) is 0 Å². The van der Waals surface area contributed by atoms with E-state index < -0.39 is 6.36 Å². The molecule has 0 saturated heterocycles. The highest BCUT2D eigenvalue weighted by molar-refractivity contribution is 6.32. The quantitative estimate of drug-likeness (QED) is 0.537. The van der Waals surface area contributed by atoms with Gasteiger partial charge in [0.15, 0.2) is 0 Å². The Bertz CT molecular complexity index is 571. The Hall–Kier alpha value is -0.900. The molecule has 0 atom stereocenters. The molecule has 0 amide bonds. The smallest absolute Gasteiger partial charge is 0.404 e. The van der Waals surface area contributed by atoms with Crippen LogP contribution in [-0.4, -0.2) is 6.36 Å². The third-order valence-corrected chi connectivity index (χ3v) is 6.45. The Morgan fingerprint density at radius 2 is 1.48 bits per heavy atom. The molecule has 25 heavy (non-hydrogen) atoms. The molecule has 2 aliphatic rings. The second-order valence-corrected chi connectivity index (χ2v) is 8.28. The highest BCUT2D eigenvalue weighted by Crippen LogP contribution is 2.44. The monoisotopic (exact) mass is 374 g/mol. The summed E-state index contributed by atoms with van der Waals surface area (Å²) in [5.41, 5.74) is 1.04. The Balaban J connectivity index is 1.57. The molecule has 1 nitrogen and oxygen atoms in total. The first kappa shape index (κ1) is 18.9. The number of hydrogen-bond donors (Lipinski definition) is 0. The van der Waals surface area contributed by atoms with Gasteiger partial charge in [-0.25, -0.2) is 0 Å². The summed E-state index contributed by atoms with van der Waals surface area (Å²) in [7, 11) is 0. The van der Waals surface area contributed by atoms with E-state index >= 15 is 0 Å². The van der Waals surface area contributed by atoms with Crippen LogP contribution in [0.5, 0.6) is 5.75 Å². The molecule has 0 aromatic heterocycles. The van der Waals surface area contributed by atoms with Crippen molar-refractivity contribution in [2.45, 2.75) is 70.6 Å². The van der Waals surface area contributed by atoms with Crippen molar-refractivity contribution in [1.29, 1.82) is 0 Å². The molecule has 0 unspecified atom stereocenters. The molecular formula is C20H26ClF3O. The van der Waals surface area contributed by atoms with Gasteiger partial charge in [-0.05, 0) is 79.9 Å². The Labute approximate surface area is 152 Å². The Morgan fingerprint density at radius 3 is 2.00 bits per heavy atom. The molecule has 3 rings (SSSR count). The zero-order chi connectivity index (χ0) is 18.0. The average molecular weight is 375 g/mol. The second-order valence-electron chi connectivity index (χ2n) is 7.87. The molecule has 1 aromatic carbocycles. The van der Waals surface area contributed by atoms with Crippen LogP contribution in [0.3, 0.4) is 0 Å². The summed E-state index contributed by atoms with van der Waals surface area (Å²) in [6.45, 7) is 2.35. The molecule has 0 N–H and O–H groups in total. The lowest BCUT2D eigenvalue weighted by Crippen LogP contribution is -2.24. The third-order valence-electron chi connectivity index (χ3n) is 6.15. The maximum absolute atomic E-state index is 12.3. The Morgan fingerprint density at radius 1 is 0.920 bits per heavy atom. The molecule has 0 spiro atoms. The van der Waals surface area contributed by atoms with Gasteiger partial charge in [0, 0.05) is 0 Å². The topological polar surface area (TPSA) is 9.23 Å². The number of hydrogen-bond acceptors (Lipinski definition) is 1. The molecule has 1 aromatic rings. The van der Waals surface area contributed by atoms with Crippen LogP contribution in [0.15, 0.2) is 18.2 Å². The number of rotatable bonds is 3. The predicted molar refractivity (Wildman–Crippen MR) is 94.0 cm³/mol. The fourth-order valence-corrected chi connectivity index (χ4v) is 4.89. The lowest BCUT2D eigenvalue weighted by molar-refractivity contribution is -0.274. The molecule has 140 valence electrons. The zero-order valence-electron chi connectivity index (χ0n) is 14.6. The molecule has 0 aliphatic heterocycles. The first-order chi connectivity index (χ1) is 11.8. The minimum absolute atomic E-state index is 0.0400. The van der Waals surface area contributed by atoms with Gasteiger partial charge in [0.2, 0.25) is 0 Å². The SMILES string of the molecule is CC1CCC(C2CCC(c3ccc(OC(F)(F)F)c(Cl)c3)CC2)CC1. The van der Waals surface area contributed by atoms with Crippen LogP contribution >= 0.6 is 11.6 Å². The predicted octanol–water partition coefficient (Wildman–Crippen LogP) is 7.34. The highest BCUT2D eigenvalue weighted by Gasteiger charge is 2.33. The molecule has 0 bridgehead atoms. The fourth-order valence-electron chi connectivity index (χ4n) is 4.66. The van der Waals surface area contributed by atoms with E-state index in [9.17, 15) is 13.2 Å². The van der Waals surface area contributed by atoms with E-state index in [2.05, 4.69) is 11.7 Å². The van der Waals surface area contributed by atoms with Crippen molar-refractivity contribution in [1.82, 2.24) is 0 Å². The van der Waals surface area contributed by atoms with Crippen molar-refractivity contribution in [3.8, 4) is 5.75 Å². The van der Waals surface area contributed by atoms with Crippen LogP contribution in [0, 0.1) is 17.8 Å². The largest absolute Gasteiger partial charge is 0.573 e. The maximum atomic E-state index is 12.3. The summed E-state index contributed by atoms with van der Waals surface area (Å²) >= 11 is 5.99. The molecule has 0 radical (unpaired) electrons. The fraction of sp³-hybridized carbons (Fsp3) is 0.700. The molecule has 2 fully saturated rings. The number of ether oxygens (including phenoxy) is 1. The minimum atomic E-state index is -4.71. The van der Waals surface area contributed by atoms with Crippen LogP contribution in [-0.2, 0) is 0 Å². The molecular weight excluding hydrogens is 349 g/mol. The van der Waals surface area contributed by atoms with Gasteiger partial charge >= 0.3 is 6.36 Å². The van der Waals surface area contributed by atoms with Crippen molar-refractivity contribution >= 4 is 11.6 Å². The minimum Gasteiger partial charge on any atom is -0.404 e. The molecule has 2 aliphatic carbocycles. The average Bonchev–Trinajstić information content (AvgIpc) is 2.56. The van der Waals surface area contributed by atoms with E-state index in [0.717, 1.165) is 36.2 Å². The van der Waals surface area contributed by atoms with Crippen LogP contribution in [0.1, 0.15) is 69.8 Å².